The van der Waals surface area contributed by atoms with E-state index in [1.165, 1.54) is 0 Å². The maximum atomic E-state index is 12.3. The van der Waals surface area contributed by atoms with Gasteiger partial charge in [0, 0.05) is 36.2 Å². The molecule has 1 aliphatic heterocycles. The molecule has 130 valence electrons. The van der Waals surface area contributed by atoms with Crippen molar-refractivity contribution in [2.24, 2.45) is 0 Å². The molecule has 6 nitrogen and oxygen atoms in total. The predicted molar refractivity (Wildman–Crippen MR) is 94.3 cm³/mol. The summed E-state index contributed by atoms with van der Waals surface area (Å²) in [5.74, 6) is 2.83. The Morgan fingerprint density at radius 3 is 2.79 bits per heavy atom. The Kier molecular flexibility index (Phi) is 4.99. The second-order valence-corrected chi connectivity index (χ2v) is 7.94. The SMILES string of the molecule is CC(C)c1nc(CC(=O)NC2CCc3nnc(C(C)C)n3C2)cs1. The molecule has 0 aliphatic carbocycles. The lowest BCUT2D eigenvalue weighted by Gasteiger charge is -2.25. The van der Waals surface area contributed by atoms with Crippen LogP contribution in [0.5, 0.6) is 0 Å². The molecule has 1 unspecified atom stereocenters. The van der Waals surface area contributed by atoms with E-state index >= 15 is 0 Å². The van der Waals surface area contributed by atoms with Gasteiger partial charge in [-0.3, -0.25) is 4.79 Å². The number of rotatable bonds is 5. The average Bonchev–Trinajstić information content (AvgIpc) is 3.13. The van der Waals surface area contributed by atoms with Gasteiger partial charge in [0.25, 0.3) is 0 Å². The summed E-state index contributed by atoms with van der Waals surface area (Å²) in [5, 5.41) is 14.8. The quantitative estimate of drug-likeness (QED) is 0.902. The number of fused-ring (bicyclic) bond motifs is 1. The van der Waals surface area contributed by atoms with Crippen molar-refractivity contribution in [3.8, 4) is 0 Å². The zero-order chi connectivity index (χ0) is 17.3. The van der Waals surface area contributed by atoms with Crippen LogP contribution in [0, 0.1) is 0 Å². The topological polar surface area (TPSA) is 72.7 Å². The Balaban J connectivity index is 1.60. The molecular formula is C17H25N5OS. The molecule has 0 saturated carbocycles. The van der Waals surface area contributed by atoms with E-state index in [0.717, 1.165) is 41.7 Å². The van der Waals surface area contributed by atoms with Gasteiger partial charge in [-0.05, 0) is 6.42 Å². The predicted octanol–water partition coefficient (Wildman–Crippen LogP) is 2.66. The van der Waals surface area contributed by atoms with Crippen LogP contribution in [0.25, 0.3) is 0 Å². The van der Waals surface area contributed by atoms with Gasteiger partial charge in [0.1, 0.15) is 11.6 Å². The number of thiazole rings is 1. The van der Waals surface area contributed by atoms with Gasteiger partial charge in [-0.25, -0.2) is 4.98 Å². The molecule has 2 aromatic rings. The van der Waals surface area contributed by atoms with E-state index in [0.29, 0.717) is 18.3 Å². The molecule has 0 fully saturated rings. The fourth-order valence-corrected chi connectivity index (χ4v) is 3.84. The molecule has 7 heteroatoms. The molecule has 1 amide bonds. The van der Waals surface area contributed by atoms with Gasteiger partial charge in [-0.1, -0.05) is 27.7 Å². The van der Waals surface area contributed by atoms with E-state index in [-0.39, 0.29) is 11.9 Å². The van der Waals surface area contributed by atoms with Gasteiger partial charge in [0.05, 0.1) is 17.1 Å². The summed E-state index contributed by atoms with van der Waals surface area (Å²) in [6.45, 7) is 9.24. The normalized spacial score (nSPS) is 17.3. The van der Waals surface area contributed by atoms with Crippen molar-refractivity contribution in [2.75, 3.05) is 0 Å². The Bertz CT molecular complexity index is 718. The van der Waals surface area contributed by atoms with E-state index in [4.69, 9.17) is 0 Å². The largest absolute Gasteiger partial charge is 0.351 e. The lowest BCUT2D eigenvalue weighted by molar-refractivity contribution is -0.121. The summed E-state index contributed by atoms with van der Waals surface area (Å²) in [6.07, 6.45) is 2.13. The zero-order valence-corrected chi connectivity index (χ0v) is 15.6. The maximum absolute atomic E-state index is 12.3. The number of carbonyl (C=O) groups is 1. The highest BCUT2D eigenvalue weighted by Crippen LogP contribution is 2.21. The third kappa shape index (κ3) is 3.66. The summed E-state index contributed by atoms with van der Waals surface area (Å²) < 4.78 is 2.17. The van der Waals surface area contributed by atoms with Gasteiger partial charge in [-0.15, -0.1) is 21.5 Å². The van der Waals surface area contributed by atoms with Gasteiger partial charge >= 0.3 is 0 Å². The van der Waals surface area contributed by atoms with Crippen molar-refractivity contribution in [1.82, 2.24) is 25.1 Å². The molecule has 3 heterocycles. The van der Waals surface area contributed by atoms with Crippen LogP contribution >= 0.6 is 11.3 Å². The number of aryl methyl sites for hydroxylation is 1. The first kappa shape index (κ1) is 17.1. The fourth-order valence-electron chi connectivity index (χ4n) is 3.01. The zero-order valence-electron chi connectivity index (χ0n) is 14.7. The Hall–Kier alpha value is -1.76. The second-order valence-electron chi connectivity index (χ2n) is 7.05. The molecule has 0 radical (unpaired) electrons. The van der Waals surface area contributed by atoms with Gasteiger partial charge in [0.2, 0.25) is 5.91 Å². The summed E-state index contributed by atoms with van der Waals surface area (Å²) in [5.41, 5.74) is 0.866. The van der Waals surface area contributed by atoms with Crippen LogP contribution in [0.2, 0.25) is 0 Å². The fraction of sp³-hybridized carbons (Fsp3) is 0.647. The van der Waals surface area contributed by atoms with E-state index in [9.17, 15) is 4.79 Å². The van der Waals surface area contributed by atoms with Crippen molar-refractivity contribution < 1.29 is 4.79 Å². The Morgan fingerprint density at radius 2 is 2.12 bits per heavy atom. The molecule has 0 spiro atoms. The van der Waals surface area contributed by atoms with Crippen LogP contribution in [-0.2, 0) is 24.2 Å². The van der Waals surface area contributed by atoms with E-state index in [1.807, 2.05) is 5.38 Å². The number of aromatic nitrogens is 4. The van der Waals surface area contributed by atoms with Crippen molar-refractivity contribution in [3.63, 3.8) is 0 Å². The van der Waals surface area contributed by atoms with Gasteiger partial charge < -0.3 is 9.88 Å². The molecule has 24 heavy (non-hydrogen) atoms. The van der Waals surface area contributed by atoms with Gasteiger partial charge in [-0.2, -0.15) is 0 Å². The van der Waals surface area contributed by atoms with Crippen molar-refractivity contribution in [2.45, 2.75) is 71.4 Å². The number of amides is 1. The molecule has 0 saturated heterocycles. The van der Waals surface area contributed by atoms with Crippen LogP contribution < -0.4 is 5.32 Å². The van der Waals surface area contributed by atoms with E-state index in [2.05, 4.69) is 52.8 Å². The monoisotopic (exact) mass is 347 g/mol. The van der Waals surface area contributed by atoms with Crippen LogP contribution in [0.3, 0.4) is 0 Å². The lowest BCUT2D eigenvalue weighted by Crippen LogP contribution is -2.42. The van der Waals surface area contributed by atoms with Crippen LogP contribution in [-0.4, -0.2) is 31.7 Å². The van der Waals surface area contributed by atoms with Crippen molar-refractivity contribution in [1.29, 1.82) is 0 Å². The number of hydrogen-bond acceptors (Lipinski definition) is 5. The molecule has 1 atom stereocenters. The average molecular weight is 347 g/mol. The van der Waals surface area contributed by atoms with Gasteiger partial charge in [0.15, 0.2) is 0 Å². The first-order valence-electron chi connectivity index (χ1n) is 8.59. The molecule has 0 aromatic carbocycles. The van der Waals surface area contributed by atoms with Crippen LogP contribution in [0.15, 0.2) is 5.38 Å². The summed E-state index contributed by atoms with van der Waals surface area (Å²) >= 11 is 1.63. The highest BCUT2D eigenvalue weighted by Gasteiger charge is 2.25. The molecule has 1 N–H and O–H groups in total. The molecule has 1 aliphatic rings. The lowest BCUT2D eigenvalue weighted by atomic mass is 10.1. The molecule has 2 aromatic heterocycles. The standard InChI is InChI=1S/C17H25N5OS/c1-10(2)16-21-20-14-6-5-12(8-22(14)16)18-15(23)7-13-9-24-17(19-13)11(3)4/h9-12H,5-8H2,1-4H3,(H,18,23). The molecular weight excluding hydrogens is 322 g/mol. The summed E-state index contributed by atoms with van der Waals surface area (Å²) in [4.78, 5) is 16.9. The van der Waals surface area contributed by atoms with Crippen molar-refractivity contribution >= 4 is 17.2 Å². The third-order valence-corrected chi connectivity index (χ3v) is 5.46. The van der Waals surface area contributed by atoms with Crippen molar-refractivity contribution in [3.05, 3.63) is 27.7 Å². The number of hydrogen-bond donors (Lipinski definition) is 1. The summed E-state index contributed by atoms with van der Waals surface area (Å²) in [7, 11) is 0. The first-order chi connectivity index (χ1) is 11.4. The Labute approximate surface area is 146 Å². The molecule has 3 rings (SSSR count). The first-order valence-corrected chi connectivity index (χ1v) is 9.47. The second kappa shape index (κ2) is 7.01. The highest BCUT2D eigenvalue weighted by molar-refractivity contribution is 7.09. The smallest absolute Gasteiger partial charge is 0.226 e. The minimum atomic E-state index is 0.0447. The molecule has 0 bridgehead atoms. The van der Waals surface area contributed by atoms with E-state index < -0.39 is 0 Å². The van der Waals surface area contributed by atoms with Crippen LogP contribution in [0.1, 0.15) is 68.3 Å². The minimum absolute atomic E-state index is 0.0447. The highest BCUT2D eigenvalue weighted by atomic mass is 32.1. The number of nitrogens with one attached hydrogen (secondary N) is 1. The Morgan fingerprint density at radius 1 is 1.33 bits per heavy atom. The minimum Gasteiger partial charge on any atom is -0.351 e. The van der Waals surface area contributed by atoms with Crippen LogP contribution in [0.4, 0.5) is 0 Å². The van der Waals surface area contributed by atoms with E-state index in [1.54, 1.807) is 11.3 Å². The number of carbonyl (C=O) groups excluding carboxylic acids is 1. The summed E-state index contributed by atoms with van der Waals surface area (Å²) in [6, 6.07) is 0.140. The number of nitrogens with zero attached hydrogens (tertiary/aromatic N) is 4. The third-order valence-electron chi connectivity index (χ3n) is 4.26. The maximum Gasteiger partial charge on any atom is 0.226 e.